The minimum absolute atomic E-state index is 0.0353. The van der Waals surface area contributed by atoms with Crippen molar-refractivity contribution in [3.63, 3.8) is 0 Å². The van der Waals surface area contributed by atoms with Crippen LogP contribution in [0.25, 0.3) is 5.69 Å². The summed E-state index contributed by atoms with van der Waals surface area (Å²) in [6, 6.07) is 14.8. The summed E-state index contributed by atoms with van der Waals surface area (Å²) in [5, 5.41) is 4.25. The van der Waals surface area contributed by atoms with Crippen molar-refractivity contribution in [3.8, 4) is 11.4 Å². The van der Waals surface area contributed by atoms with E-state index in [0.717, 1.165) is 11.3 Å². The van der Waals surface area contributed by atoms with Crippen molar-refractivity contribution in [1.82, 2.24) is 9.78 Å². The Kier molecular flexibility index (Phi) is 4.02. The molecule has 0 radical (unpaired) electrons. The molecule has 0 unspecified atom stereocenters. The summed E-state index contributed by atoms with van der Waals surface area (Å²) in [6.45, 7) is 3.73. The van der Waals surface area contributed by atoms with Gasteiger partial charge in [0.2, 0.25) is 0 Å². The summed E-state index contributed by atoms with van der Waals surface area (Å²) in [7, 11) is -3.94. The van der Waals surface area contributed by atoms with Gasteiger partial charge in [0.05, 0.1) is 11.4 Å². The summed E-state index contributed by atoms with van der Waals surface area (Å²) in [6.07, 6.45) is 0. The lowest BCUT2D eigenvalue weighted by Crippen LogP contribution is -2.11. The fourth-order valence-corrected chi connectivity index (χ4v) is 3.24. The maximum absolute atomic E-state index is 12.5. The third-order valence-electron chi connectivity index (χ3n) is 3.44. The Bertz CT molecular complexity index is 977. The molecule has 24 heavy (non-hydrogen) atoms. The standard InChI is InChI=1S/C17H17N3O3S/c1-12-6-8-15(9-7-12)23-24(21,22)16-5-3-4-14(11-16)20-17(18)10-13(2)19-20/h3-11H,18H2,1-2H3. The molecular formula is C17H17N3O3S. The van der Waals surface area contributed by atoms with Crippen molar-refractivity contribution in [2.24, 2.45) is 0 Å². The lowest BCUT2D eigenvalue weighted by Gasteiger charge is -2.09. The van der Waals surface area contributed by atoms with E-state index in [1.54, 1.807) is 42.5 Å². The van der Waals surface area contributed by atoms with Gasteiger partial charge in [-0.15, -0.1) is 0 Å². The van der Waals surface area contributed by atoms with E-state index in [1.165, 1.54) is 16.8 Å². The molecule has 0 saturated carbocycles. The van der Waals surface area contributed by atoms with Crippen molar-refractivity contribution in [1.29, 1.82) is 0 Å². The van der Waals surface area contributed by atoms with Crippen LogP contribution in [0.4, 0.5) is 5.82 Å². The van der Waals surface area contributed by atoms with E-state index in [0.29, 0.717) is 11.5 Å². The minimum atomic E-state index is -3.94. The van der Waals surface area contributed by atoms with Gasteiger partial charge in [-0.1, -0.05) is 23.8 Å². The van der Waals surface area contributed by atoms with Crippen LogP contribution in [0.3, 0.4) is 0 Å². The predicted octanol–water partition coefficient (Wildman–Crippen LogP) is 2.84. The van der Waals surface area contributed by atoms with Crippen LogP contribution >= 0.6 is 0 Å². The average Bonchev–Trinajstić information content (AvgIpc) is 2.88. The van der Waals surface area contributed by atoms with Gasteiger partial charge < -0.3 is 9.92 Å². The Balaban J connectivity index is 1.95. The second kappa shape index (κ2) is 6.01. The molecule has 2 aromatic carbocycles. The van der Waals surface area contributed by atoms with E-state index in [1.807, 2.05) is 13.8 Å². The molecule has 0 fully saturated rings. The minimum Gasteiger partial charge on any atom is -0.384 e. The number of nitrogens with two attached hydrogens (primary N) is 1. The number of nitrogen functional groups attached to an aromatic ring is 1. The average molecular weight is 343 g/mol. The van der Waals surface area contributed by atoms with E-state index in [2.05, 4.69) is 5.10 Å². The van der Waals surface area contributed by atoms with Gasteiger partial charge in [-0.3, -0.25) is 0 Å². The number of anilines is 1. The first-order chi connectivity index (χ1) is 11.3. The Morgan fingerprint density at radius 3 is 2.38 bits per heavy atom. The number of aromatic nitrogens is 2. The largest absolute Gasteiger partial charge is 0.384 e. The molecule has 2 N–H and O–H groups in total. The topological polar surface area (TPSA) is 87.2 Å². The smallest absolute Gasteiger partial charge is 0.339 e. The highest BCUT2D eigenvalue weighted by molar-refractivity contribution is 7.87. The zero-order valence-corrected chi connectivity index (χ0v) is 14.1. The van der Waals surface area contributed by atoms with Crippen LogP contribution < -0.4 is 9.92 Å². The zero-order chi connectivity index (χ0) is 17.3. The molecule has 6 nitrogen and oxygen atoms in total. The molecule has 0 aliphatic heterocycles. The summed E-state index contributed by atoms with van der Waals surface area (Å²) in [5.41, 5.74) is 8.21. The normalized spacial score (nSPS) is 11.4. The fraction of sp³-hybridized carbons (Fsp3) is 0.118. The van der Waals surface area contributed by atoms with Gasteiger partial charge in [0, 0.05) is 6.07 Å². The molecule has 1 heterocycles. The molecular weight excluding hydrogens is 326 g/mol. The van der Waals surface area contributed by atoms with Gasteiger partial charge in [0.25, 0.3) is 0 Å². The molecule has 0 amide bonds. The Morgan fingerprint density at radius 1 is 1.04 bits per heavy atom. The van der Waals surface area contributed by atoms with Crippen LogP contribution in [0.5, 0.6) is 5.75 Å². The molecule has 3 aromatic rings. The highest BCUT2D eigenvalue weighted by atomic mass is 32.2. The SMILES string of the molecule is Cc1ccc(OS(=O)(=O)c2cccc(-n3nc(C)cc3N)c2)cc1. The molecule has 7 heteroatoms. The second-order valence-electron chi connectivity index (χ2n) is 5.47. The Hall–Kier alpha value is -2.80. The van der Waals surface area contributed by atoms with Gasteiger partial charge >= 0.3 is 10.1 Å². The van der Waals surface area contributed by atoms with Crippen molar-refractivity contribution >= 4 is 15.9 Å². The van der Waals surface area contributed by atoms with E-state index < -0.39 is 10.1 Å². The number of aryl methyl sites for hydroxylation is 2. The number of hydrogen-bond donors (Lipinski definition) is 1. The third-order valence-corrected chi connectivity index (χ3v) is 4.68. The predicted molar refractivity (Wildman–Crippen MR) is 91.7 cm³/mol. The van der Waals surface area contributed by atoms with Crippen LogP contribution in [-0.2, 0) is 10.1 Å². The number of nitrogens with zero attached hydrogens (tertiary/aromatic N) is 2. The summed E-state index contributed by atoms with van der Waals surface area (Å²) in [4.78, 5) is 0.0353. The molecule has 0 saturated heterocycles. The number of rotatable bonds is 4. The van der Waals surface area contributed by atoms with Crippen LogP contribution in [0.1, 0.15) is 11.3 Å². The monoisotopic (exact) mass is 343 g/mol. The van der Waals surface area contributed by atoms with Crippen LogP contribution in [0, 0.1) is 13.8 Å². The van der Waals surface area contributed by atoms with Crippen molar-refractivity contribution < 1.29 is 12.6 Å². The molecule has 124 valence electrons. The first-order valence-corrected chi connectivity index (χ1v) is 8.70. The third kappa shape index (κ3) is 3.26. The molecule has 3 rings (SSSR count). The molecule has 0 spiro atoms. The van der Waals surface area contributed by atoms with Crippen molar-refractivity contribution in [2.45, 2.75) is 18.7 Å². The molecule has 0 aliphatic carbocycles. The summed E-state index contributed by atoms with van der Waals surface area (Å²) < 4.78 is 31.6. The number of benzene rings is 2. The maximum atomic E-state index is 12.5. The summed E-state index contributed by atoms with van der Waals surface area (Å²) in [5.74, 6) is 0.696. The maximum Gasteiger partial charge on any atom is 0.339 e. The van der Waals surface area contributed by atoms with Crippen LogP contribution in [0.15, 0.2) is 59.5 Å². The molecule has 0 bridgehead atoms. The quantitative estimate of drug-likeness (QED) is 0.736. The first kappa shape index (κ1) is 16.1. The van der Waals surface area contributed by atoms with Crippen molar-refractivity contribution in [3.05, 3.63) is 65.9 Å². The van der Waals surface area contributed by atoms with Gasteiger partial charge in [0.15, 0.2) is 0 Å². The van der Waals surface area contributed by atoms with Crippen LogP contribution in [-0.4, -0.2) is 18.2 Å². The fourth-order valence-electron chi connectivity index (χ4n) is 2.27. The summed E-state index contributed by atoms with van der Waals surface area (Å²) >= 11 is 0. The van der Waals surface area contributed by atoms with Gasteiger partial charge in [-0.25, -0.2) is 4.68 Å². The van der Waals surface area contributed by atoms with E-state index >= 15 is 0 Å². The zero-order valence-electron chi connectivity index (χ0n) is 13.3. The first-order valence-electron chi connectivity index (χ1n) is 7.29. The molecule has 0 aliphatic rings. The van der Waals surface area contributed by atoms with Crippen LogP contribution in [0.2, 0.25) is 0 Å². The Labute approximate surface area is 140 Å². The highest BCUT2D eigenvalue weighted by Gasteiger charge is 2.18. The lowest BCUT2D eigenvalue weighted by atomic mass is 10.2. The molecule has 1 aromatic heterocycles. The van der Waals surface area contributed by atoms with Gasteiger partial charge in [0.1, 0.15) is 16.5 Å². The highest BCUT2D eigenvalue weighted by Crippen LogP contribution is 2.22. The van der Waals surface area contributed by atoms with Crippen molar-refractivity contribution in [2.75, 3.05) is 5.73 Å². The van der Waals surface area contributed by atoms with Gasteiger partial charge in [-0.05, 0) is 44.2 Å². The second-order valence-corrected chi connectivity index (χ2v) is 7.02. The Morgan fingerprint density at radius 2 is 1.75 bits per heavy atom. The lowest BCUT2D eigenvalue weighted by molar-refractivity contribution is 0.486. The molecule has 0 atom stereocenters. The van der Waals surface area contributed by atoms with E-state index in [9.17, 15) is 8.42 Å². The van der Waals surface area contributed by atoms with Gasteiger partial charge in [-0.2, -0.15) is 13.5 Å². The number of hydrogen-bond acceptors (Lipinski definition) is 5. The van der Waals surface area contributed by atoms with E-state index in [-0.39, 0.29) is 10.6 Å². The van der Waals surface area contributed by atoms with E-state index in [4.69, 9.17) is 9.92 Å².